The molecule has 2 heterocycles. The summed E-state index contributed by atoms with van der Waals surface area (Å²) in [5.74, 6) is -1.02. The van der Waals surface area contributed by atoms with Crippen molar-refractivity contribution in [2.45, 2.75) is 25.6 Å². The standard InChI is InChI=1S/C17H15F3N4O2/c1-16(2,26)11-7-12-9(8-22-24-12)6-13(11)23-15(25)14-10(17(18,19)20)4-3-5-21-14/h3-8,26H,1-2H3,(H,22,24)(H,23,25). The summed E-state index contributed by atoms with van der Waals surface area (Å²) in [6.07, 6.45) is -2.10. The summed E-state index contributed by atoms with van der Waals surface area (Å²) in [5, 5.41) is 20.0. The molecule has 6 nitrogen and oxygen atoms in total. The maximum atomic E-state index is 13.1. The van der Waals surface area contributed by atoms with Crippen LogP contribution >= 0.6 is 0 Å². The molecular weight excluding hydrogens is 349 g/mol. The number of aromatic nitrogens is 3. The van der Waals surface area contributed by atoms with Crippen LogP contribution in [0.5, 0.6) is 0 Å². The van der Waals surface area contributed by atoms with Crippen molar-refractivity contribution in [2.75, 3.05) is 5.32 Å². The van der Waals surface area contributed by atoms with Crippen molar-refractivity contribution in [2.24, 2.45) is 0 Å². The number of alkyl halides is 3. The number of rotatable bonds is 3. The van der Waals surface area contributed by atoms with Gasteiger partial charge in [0.05, 0.1) is 22.9 Å². The maximum Gasteiger partial charge on any atom is 0.418 e. The predicted molar refractivity (Wildman–Crippen MR) is 88.5 cm³/mol. The number of anilines is 1. The first-order valence-electron chi connectivity index (χ1n) is 7.61. The van der Waals surface area contributed by atoms with Gasteiger partial charge in [-0.15, -0.1) is 0 Å². The number of fused-ring (bicyclic) bond motifs is 1. The molecule has 1 aromatic carbocycles. The van der Waals surface area contributed by atoms with E-state index in [4.69, 9.17) is 0 Å². The van der Waals surface area contributed by atoms with E-state index in [9.17, 15) is 23.1 Å². The Bertz CT molecular complexity index is 974. The fourth-order valence-corrected chi connectivity index (χ4v) is 2.60. The van der Waals surface area contributed by atoms with Crippen LogP contribution in [0.1, 0.15) is 35.5 Å². The van der Waals surface area contributed by atoms with Crippen LogP contribution in [-0.4, -0.2) is 26.2 Å². The van der Waals surface area contributed by atoms with Crippen molar-refractivity contribution in [3.8, 4) is 0 Å². The first kappa shape index (κ1) is 17.9. The van der Waals surface area contributed by atoms with Gasteiger partial charge in [-0.05, 0) is 38.1 Å². The summed E-state index contributed by atoms with van der Waals surface area (Å²) in [6.45, 7) is 3.00. The van der Waals surface area contributed by atoms with Crippen LogP contribution in [0.25, 0.3) is 10.9 Å². The Hall–Kier alpha value is -2.94. The molecule has 0 radical (unpaired) electrons. The van der Waals surface area contributed by atoms with E-state index in [0.29, 0.717) is 16.5 Å². The van der Waals surface area contributed by atoms with Crippen molar-refractivity contribution in [1.29, 1.82) is 0 Å². The van der Waals surface area contributed by atoms with Crippen LogP contribution in [0.4, 0.5) is 18.9 Å². The Morgan fingerprint density at radius 3 is 2.62 bits per heavy atom. The molecule has 0 aliphatic carbocycles. The average Bonchev–Trinajstić information content (AvgIpc) is 2.99. The van der Waals surface area contributed by atoms with Crippen molar-refractivity contribution in [1.82, 2.24) is 15.2 Å². The highest BCUT2D eigenvalue weighted by Crippen LogP contribution is 2.34. The number of hydrogen-bond acceptors (Lipinski definition) is 4. The molecule has 9 heteroatoms. The molecule has 0 unspecified atom stereocenters. The largest absolute Gasteiger partial charge is 0.418 e. The zero-order chi connectivity index (χ0) is 19.1. The van der Waals surface area contributed by atoms with E-state index in [1.54, 1.807) is 6.07 Å². The number of H-pyrrole nitrogens is 1. The van der Waals surface area contributed by atoms with Gasteiger partial charge in [-0.1, -0.05) is 0 Å². The molecule has 0 saturated heterocycles. The molecule has 136 valence electrons. The van der Waals surface area contributed by atoms with Crippen LogP contribution in [0, 0.1) is 0 Å². The van der Waals surface area contributed by atoms with E-state index in [1.165, 1.54) is 26.1 Å². The molecule has 1 amide bonds. The first-order valence-corrected chi connectivity index (χ1v) is 7.61. The Balaban J connectivity index is 2.06. The number of amides is 1. The first-order chi connectivity index (χ1) is 12.1. The highest BCUT2D eigenvalue weighted by Gasteiger charge is 2.36. The quantitative estimate of drug-likeness (QED) is 0.664. The zero-order valence-electron chi connectivity index (χ0n) is 13.8. The van der Waals surface area contributed by atoms with Gasteiger partial charge in [-0.2, -0.15) is 18.3 Å². The molecule has 0 spiro atoms. The van der Waals surface area contributed by atoms with Gasteiger partial charge >= 0.3 is 6.18 Å². The van der Waals surface area contributed by atoms with Crippen molar-refractivity contribution in [3.05, 3.63) is 53.5 Å². The second-order valence-electron chi connectivity index (χ2n) is 6.27. The molecule has 26 heavy (non-hydrogen) atoms. The van der Waals surface area contributed by atoms with E-state index in [0.717, 1.165) is 18.3 Å². The van der Waals surface area contributed by atoms with Gasteiger partial charge in [0.1, 0.15) is 5.69 Å². The molecular formula is C17H15F3N4O2. The van der Waals surface area contributed by atoms with Crippen molar-refractivity contribution < 1.29 is 23.1 Å². The lowest BCUT2D eigenvalue weighted by atomic mass is 9.95. The van der Waals surface area contributed by atoms with Crippen molar-refractivity contribution >= 4 is 22.5 Å². The minimum absolute atomic E-state index is 0.176. The number of carbonyl (C=O) groups is 1. The summed E-state index contributed by atoms with van der Waals surface area (Å²) in [5.41, 5.74) is -2.10. The predicted octanol–water partition coefficient (Wildman–Crippen LogP) is 3.46. The van der Waals surface area contributed by atoms with Gasteiger partial charge in [0.2, 0.25) is 0 Å². The number of aliphatic hydroxyl groups is 1. The lowest BCUT2D eigenvalue weighted by Gasteiger charge is -2.22. The van der Waals surface area contributed by atoms with Crippen LogP contribution < -0.4 is 5.32 Å². The molecule has 0 bridgehead atoms. The third-order valence-corrected chi connectivity index (χ3v) is 3.81. The van der Waals surface area contributed by atoms with Gasteiger partial charge in [0.25, 0.3) is 5.91 Å². The highest BCUT2D eigenvalue weighted by atomic mass is 19.4. The Morgan fingerprint density at radius 2 is 1.96 bits per heavy atom. The van der Waals surface area contributed by atoms with E-state index in [-0.39, 0.29) is 5.69 Å². The van der Waals surface area contributed by atoms with Gasteiger partial charge < -0.3 is 10.4 Å². The summed E-state index contributed by atoms with van der Waals surface area (Å²) in [4.78, 5) is 16.0. The van der Waals surface area contributed by atoms with Crippen LogP contribution in [-0.2, 0) is 11.8 Å². The molecule has 0 saturated carbocycles. The minimum Gasteiger partial charge on any atom is -0.386 e. The molecule has 3 rings (SSSR count). The number of pyridine rings is 1. The van der Waals surface area contributed by atoms with Gasteiger partial charge in [0, 0.05) is 22.8 Å². The van der Waals surface area contributed by atoms with E-state index in [2.05, 4.69) is 20.5 Å². The lowest BCUT2D eigenvalue weighted by Crippen LogP contribution is -2.23. The summed E-state index contributed by atoms with van der Waals surface area (Å²) < 4.78 is 39.3. The minimum atomic E-state index is -4.71. The monoisotopic (exact) mass is 364 g/mol. The molecule has 0 aliphatic heterocycles. The molecule has 2 aromatic heterocycles. The van der Waals surface area contributed by atoms with E-state index >= 15 is 0 Å². The second-order valence-corrected chi connectivity index (χ2v) is 6.27. The average molecular weight is 364 g/mol. The number of nitrogens with zero attached hydrogens (tertiary/aromatic N) is 2. The normalized spacial score (nSPS) is 12.4. The molecule has 0 atom stereocenters. The number of hydrogen-bond donors (Lipinski definition) is 3. The second kappa shape index (κ2) is 6.10. The summed E-state index contributed by atoms with van der Waals surface area (Å²) in [6, 6.07) is 5.01. The number of halogens is 3. The van der Waals surface area contributed by atoms with Gasteiger partial charge in [0.15, 0.2) is 0 Å². The summed E-state index contributed by atoms with van der Waals surface area (Å²) in [7, 11) is 0. The summed E-state index contributed by atoms with van der Waals surface area (Å²) >= 11 is 0. The SMILES string of the molecule is CC(C)(O)c1cc2[nH]ncc2cc1NC(=O)c1ncccc1C(F)(F)F. The molecule has 3 aromatic rings. The van der Waals surface area contributed by atoms with E-state index < -0.39 is 28.9 Å². The van der Waals surface area contributed by atoms with Gasteiger partial charge in [-0.25, -0.2) is 0 Å². The number of nitrogens with one attached hydrogen (secondary N) is 2. The Morgan fingerprint density at radius 1 is 1.23 bits per heavy atom. The van der Waals surface area contributed by atoms with Crippen LogP contribution in [0.15, 0.2) is 36.7 Å². The van der Waals surface area contributed by atoms with Crippen LogP contribution in [0.2, 0.25) is 0 Å². The van der Waals surface area contributed by atoms with E-state index in [1.807, 2.05) is 0 Å². The smallest absolute Gasteiger partial charge is 0.386 e. The molecule has 0 fully saturated rings. The third kappa shape index (κ3) is 3.38. The maximum absolute atomic E-state index is 13.1. The highest BCUT2D eigenvalue weighted by molar-refractivity contribution is 6.05. The fraction of sp³-hybridized carbons (Fsp3) is 0.235. The molecule has 0 aliphatic rings. The fourth-order valence-electron chi connectivity index (χ4n) is 2.60. The topological polar surface area (TPSA) is 90.9 Å². The van der Waals surface area contributed by atoms with Crippen LogP contribution in [0.3, 0.4) is 0 Å². The number of aromatic amines is 1. The molecule has 3 N–H and O–H groups in total. The third-order valence-electron chi connectivity index (χ3n) is 3.81. The van der Waals surface area contributed by atoms with Crippen molar-refractivity contribution in [3.63, 3.8) is 0 Å². The number of carbonyl (C=O) groups excluding carboxylic acids is 1. The number of benzene rings is 1. The van der Waals surface area contributed by atoms with Gasteiger partial charge in [-0.3, -0.25) is 14.9 Å². The lowest BCUT2D eigenvalue weighted by molar-refractivity contribution is -0.138. The Labute approximate surface area is 146 Å². The zero-order valence-corrected chi connectivity index (χ0v) is 13.8. The Kier molecular flexibility index (Phi) is 4.19.